The number of nitrogens with one attached hydrogen (secondary N) is 1. The van der Waals surface area contributed by atoms with Crippen molar-refractivity contribution in [1.82, 2.24) is 24.8 Å². The molecule has 0 radical (unpaired) electrons. The molecule has 1 fully saturated rings. The zero-order chi connectivity index (χ0) is 17.1. The van der Waals surface area contributed by atoms with E-state index in [1.54, 1.807) is 36.4 Å². The molecule has 3 rings (SSSR count). The minimum Gasteiger partial charge on any atom is -0.337 e. The SMILES string of the molecule is Cc1cc(C(=O)N2CC[C@H](N(C)Cc3ncccn3)C2)cc(=O)[nH]1. The predicted octanol–water partition coefficient (Wildman–Crippen LogP) is 0.820. The van der Waals surface area contributed by atoms with Crippen molar-refractivity contribution in [3.8, 4) is 0 Å². The molecule has 0 bridgehead atoms. The molecule has 0 aromatic carbocycles. The van der Waals surface area contributed by atoms with Gasteiger partial charge in [-0.15, -0.1) is 0 Å². The molecule has 126 valence electrons. The fraction of sp³-hybridized carbons (Fsp3) is 0.412. The summed E-state index contributed by atoms with van der Waals surface area (Å²) >= 11 is 0. The number of aryl methyl sites for hydroxylation is 1. The Bertz CT molecular complexity index is 774. The molecule has 3 heterocycles. The Hall–Kier alpha value is -2.54. The maximum absolute atomic E-state index is 12.6. The van der Waals surface area contributed by atoms with Gasteiger partial charge in [-0.3, -0.25) is 14.5 Å². The smallest absolute Gasteiger partial charge is 0.254 e. The lowest BCUT2D eigenvalue weighted by Gasteiger charge is -2.24. The number of pyridine rings is 1. The minimum atomic E-state index is -0.243. The van der Waals surface area contributed by atoms with Gasteiger partial charge in [-0.05, 0) is 32.5 Å². The van der Waals surface area contributed by atoms with E-state index in [4.69, 9.17) is 0 Å². The van der Waals surface area contributed by atoms with Gasteiger partial charge in [-0.25, -0.2) is 9.97 Å². The van der Waals surface area contributed by atoms with E-state index in [0.29, 0.717) is 30.9 Å². The summed E-state index contributed by atoms with van der Waals surface area (Å²) in [5.41, 5.74) is 0.901. The van der Waals surface area contributed by atoms with Crippen LogP contribution in [0.15, 0.2) is 35.4 Å². The number of carbonyl (C=O) groups is 1. The molecule has 1 amide bonds. The lowest BCUT2D eigenvalue weighted by molar-refractivity contribution is 0.0779. The number of carbonyl (C=O) groups excluding carboxylic acids is 1. The third-order valence-electron chi connectivity index (χ3n) is 4.31. The predicted molar refractivity (Wildman–Crippen MR) is 89.6 cm³/mol. The van der Waals surface area contributed by atoms with Crippen LogP contribution in [0.3, 0.4) is 0 Å². The van der Waals surface area contributed by atoms with Crippen molar-refractivity contribution in [2.75, 3.05) is 20.1 Å². The molecule has 2 aromatic rings. The number of likely N-dealkylation sites (tertiary alicyclic amines) is 1. The van der Waals surface area contributed by atoms with Gasteiger partial charge in [0.1, 0.15) is 5.82 Å². The number of hydrogen-bond acceptors (Lipinski definition) is 5. The number of amides is 1. The van der Waals surface area contributed by atoms with Crippen molar-refractivity contribution >= 4 is 5.91 Å². The minimum absolute atomic E-state index is 0.0870. The number of H-pyrrole nitrogens is 1. The van der Waals surface area contributed by atoms with E-state index in [2.05, 4.69) is 19.9 Å². The van der Waals surface area contributed by atoms with E-state index in [9.17, 15) is 9.59 Å². The fourth-order valence-electron chi connectivity index (χ4n) is 3.04. The van der Waals surface area contributed by atoms with Crippen molar-refractivity contribution in [1.29, 1.82) is 0 Å². The zero-order valence-electron chi connectivity index (χ0n) is 13.9. The Morgan fingerprint density at radius 3 is 2.83 bits per heavy atom. The molecular formula is C17H21N5O2. The van der Waals surface area contributed by atoms with Crippen LogP contribution >= 0.6 is 0 Å². The molecule has 7 heteroatoms. The van der Waals surface area contributed by atoms with Gasteiger partial charge in [0.15, 0.2) is 0 Å². The van der Waals surface area contributed by atoms with E-state index >= 15 is 0 Å². The van der Waals surface area contributed by atoms with E-state index in [-0.39, 0.29) is 17.5 Å². The van der Waals surface area contributed by atoms with Crippen LogP contribution in [0.2, 0.25) is 0 Å². The molecule has 24 heavy (non-hydrogen) atoms. The second-order valence-electron chi connectivity index (χ2n) is 6.19. The van der Waals surface area contributed by atoms with Crippen molar-refractivity contribution in [3.05, 3.63) is 58.0 Å². The van der Waals surface area contributed by atoms with Crippen molar-refractivity contribution in [2.24, 2.45) is 0 Å². The van der Waals surface area contributed by atoms with E-state index < -0.39 is 0 Å². The first-order chi connectivity index (χ1) is 11.5. The summed E-state index contributed by atoms with van der Waals surface area (Å²) in [6.45, 7) is 3.76. The van der Waals surface area contributed by atoms with Crippen molar-refractivity contribution in [2.45, 2.75) is 25.9 Å². The van der Waals surface area contributed by atoms with Crippen molar-refractivity contribution < 1.29 is 4.79 Å². The van der Waals surface area contributed by atoms with Crippen molar-refractivity contribution in [3.63, 3.8) is 0 Å². The monoisotopic (exact) mass is 327 g/mol. The first-order valence-corrected chi connectivity index (χ1v) is 7.99. The molecule has 0 aliphatic carbocycles. The molecule has 1 saturated heterocycles. The normalized spacial score (nSPS) is 17.5. The lowest BCUT2D eigenvalue weighted by Crippen LogP contribution is -2.36. The number of aromatic nitrogens is 3. The van der Waals surface area contributed by atoms with Crippen LogP contribution in [-0.4, -0.2) is 56.8 Å². The number of rotatable bonds is 4. The number of likely N-dealkylation sites (N-methyl/N-ethyl adjacent to an activating group) is 1. The summed E-state index contributed by atoms with van der Waals surface area (Å²) < 4.78 is 0. The van der Waals surface area contributed by atoms with Gasteiger partial charge in [0.2, 0.25) is 5.56 Å². The quantitative estimate of drug-likeness (QED) is 0.899. The fourth-order valence-corrected chi connectivity index (χ4v) is 3.04. The molecule has 2 aromatic heterocycles. The number of aromatic amines is 1. The topological polar surface area (TPSA) is 82.2 Å². The second-order valence-corrected chi connectivity index (χ2v) is 6.19. The lowest BCUT2D eigenvalue weighted by atomic mass is 10.2. The van der Waals surface area contributed by atoms with Crippen LogP contribution in [-0.2, 0) is 6.54 Å². The Morgan fingerprint density at radius 2 is 2.12 bits per heavy atom. The summed E-state index contributed by atoms with van der Waals surface area (Å²) in [5.74, 6) is 0.686. The number of nitrogens with zero attached hydrogens (tertiary/aromatic N) is 4. The first kappa shape index (κ1) is 16.3. The van der Waals surface area contributed by atoms with Gasteiger partial charge in [0.25, 0.3) is 5.91 Å². The van der Waals surface area contributed by atoms with Gasteiger partial charge >= 0.3 is 0 Å². The third-order valence-corrected chi connectivity index (χ3v) is 4.31. The maximum Gasteiger partial charge on any atom is 0.254 e. The molecule has 0 saturated carbocycles. The molecule has 7 nitrogen and oxygen atoms in total. The highest BCUT2D eigenvalue weighted by Crippen LogP contribution is 2.18. The van der Waals surface area contributed by atoms with E-state index in [1.807, 2.05) is 7.05 Å². The van der Waals surface area contributed by atoms with Crippen LogP contribution in [0.5, 0.6) is 0 Å². The van der Waals surface area contributed by atoms with E-state index in [1.165, 1.54) is 6.07 Å². The van der Waals surface area contributed by atoms with Gasteiger partial charge in [-0.2, -0.15) is 0 Å². The Labute approximate surface area is 140 Å². The summed E-state index contributed by atoms with van der Waals surface area (Å²) in [6.07, 6.45) is 4.36. The third kappa shape index (κ3) is 3.68. The second kappa shape index (κ2) is 6.92. The summed E-state index contributed by atoms with van der Waals surface area (Å²) in [4.78, 5) is 39.3. The van der Waals surface area contributed by atoms with Crippen LogP contribution in [0.4, 0.5) is 0 Å². The van der Waals surface area contributed by atoms with Gasteiger partial charge in [0, 0.05) is 48.8 Å². The molecule has 1 atom stereocenters. The van der Waals surface area contributed by atoms with Crippen LogP contribution < -0.4 is 5.56 Å². The van der Waals surface area contributed by atoms with Gasteiger partial charge in [-0.1, -0.05) is 0 Å². The summed E-state index contributed by atoms with van der Waals surface area (Å²) in [5, 5.41) is 0. The Kier molecular flexibility index (Phi) is 4.71. The highest BCUT2D eigenvalue weighted by Gasteiger charge is 2.29. The standard InChI is InChI=1S/C17H21N5O2/c1-12-8-13(9-16(23)20-12)17(24)22-7-4-14(10-22)21(2)11-15-18-5-3-6-19-15/h3,5-6,8-9,14H,4,7,10-11H2,1-2H3,(H,20,23)/t14-/m0/s1. The first-order valence-electron chi connectivity index (χ1n) is 7.99. The molecule has 1 N–H and O–H groups in total. The molecular weight excluding hydrogens is 306 g/mol. The summed E-state index contributed by atoms with van der Waals surface area (Å²) in [6, 6.07) is 5.15. The van der Waals surface area contributed by atoms with Crippen LogP contribution in [0, 0.1) is 6.92 Å². The molecule has 0 spiro atoms. The average Bonchev–Trinajstić information content (AvgIpc) is 3.04. The summed E-state index contributed by atoms with van der Waals surface area (Å²) in [7, 11) is 2.02. The highest BCUT2D eigenvalue weighted by molar-refractivity contribution is 5.94. The molecule has 1 aliphatic heterocycles. The molecule has 0 unspecified atom stereocenters. The average molecular weight is 327 g/mol. The Balaban J connectivity index is 1.64. The van der Waals surface area contributed by atoms with Gasteiger partial charge in [0.05, 0.1) is 6.54 Å². The van der Waals surface area contributed by atoms with Gasteiger partial charge < -0.3 is 9.88 Å². The highest BCUT2D eigenvalue weighted by atomic mass is 16.2. The largest absolute Gasteiger partial charge is 0.337 e. The maximum atomic E-state index is 12.6. The zero-order valence-corrected chi connectivity index (χ0v) is 13.9. The van der Waals surface area contributed by atoms with E-state index in [0.717, 1.165) is 12.2 Å². The van der Waals surface area contributed by atoms with Crippen LogP contribution in [0.25, 0.3) is 0 Å². The van der Waals surface area contributed by atoms with Crippen LogP contribution in [0.1, 0.15) is 28.3 Å². The number of hydrogen-bond donors (Lipinski definition) is 1. The molecule has 1 aliphatic rings. The Morgan fingerprint density at radius 1 is 1.38 bits per heavy atom.